The molecule has 0 saturated carbocycles. The Hall–Kier alpha value is -4.84. The maximum Gasteiger partial charge on any atom is 0.304 e. The minimum absolute atomic E-state index is 0.352. The van der Waals surface area contributed by atoms with E-state index < -0.39 is 12.2 Å². The minimum Gasteiger partial charge on any atom is -0.437 e. The number of fused-ring (bicyclic) bond motifs is 1. The molecule has 0 radical (unpaired) electrons. The van der Waals surface area contributed by atoms with Crippen molar-refractivity contribution in [2.24, 2.45) is 0 Å². The number of aromatic nitrogens is 2. The van der Waals surface area contributed by atoms with E-state index in [9.17, 15) is 9.59 Å². The second-order valence-corrected chi connectivity index (χ2v) is 8.60. The second kappa shape index (κ2) is 10.8. The van der Waals surface area contributed by atoms with Crippen molar-refractivity contribution in [3.05, 3.63) is 132 Å². The van der Waals surface area contributed by atoms with Crippen LogP contribution in [0.3, 0.4) is 0 Å². The Morgan fingerprint density at radius 1 is 0.838 bits per heavy atom. The van der Waals surface area contributed by atoms with Gasteiger partial charge in [-0.2, -0.15) is 0 Å². The molecule has 6 heteroatoms. The number of ether oxygens (including phenoxy) is 1. The molecule has 5 aromatic rings. The van der Waals surface area contributed by atoms with Gasteiger partial charge in [-0.15, -0.1) is 0 Å². The summed E-state index contributed by atoms with van der Waals surface area (Å²) in [7, 11) is 0. The van der Waals surface area contributed by atoms with E-state index in [1.54, 1.807) is 12.4 Å². The molecular formula is C31H25N3O3. The van der Waals surface area contributed by atoms with Crippen LogP contribution < -0.4 is 5.32 Å². The summed E-state index contributed by atoms with van der Waals surface area (Å²) < 4.78 is 5.52. The maximum absolute atomic E-state index is 14.1. The molecule has 2 aromatic heterocycles. The van der Waals surface area contributed by atoms with Crippen LogP contribution in [0.15, 0.2) is 109 Å². The lowest BCUT2D eigenvalue weighted by Gasteiger charge is -2.22. The molecule has 2 heterocycles. The molecule has 0 bridgehead atoms. The Labute approximate surface area is 215 Å². The van der Waals surface area contributed by atoms with Gasteiger partial charge in [0.25, 0.3) is 5.91 Å². The maximum atomic E-state index is 14.1. The van der Waals surface area contributed by atoms with Crippen LogP contribution in [0.2, 0.25) is 0 Å². The van der Waals surface area contributed by atoms with Crippen molar-refractivity contribution in [3.8, 4) is 11.3 Å². The number of carbonyl (C=O) groups excluding carboxylic acids is 2. The van der Waals surface area contributed by atoms with Crippen LogP contribution >= 0.6 is 0 Å². The van der Waals surface area contributed by atoms with Gasteiger partial charge in [0.05, 0.1) is 16.8 Å². The zero-order chi connectivity index (χ0) is 25.6. The quantitative estimate of drug-likeness (QED) is 0.229. The van der Waals surface area contributed by atoms with Crippen LogP contribution in [-0.2, 0) is 16.0 Å². The Morgan fingerprint density at radius 3 is 2.19 bits per heavy atom. The van der Waals surface area contributed by atoms with Crippen molar-refractivity contribution in [2.75, 3.05) is 0 Å². The lowest BCUT2D eigenvalue weighted by Crippen LogP contribution is -2.32. The first-order valence-electron chi connectivity index (χ1n) is 12.0. The third-order valence-corrected chi connectivity index (χ3v) is 6.05. The topological polar surface area (TPSA) is 81.2 Å². The van der Waals surface area contributed by atoms with Crippen molar-refractivity contribution in [1.29, 1.82) is 0 Å². The summed E-state index contributed by atoms with van der Waals surface area (Å²) in [5.74, 6) is -0.842. The van der Waals surface area contributed by atoms with Gasteiger partial charge >= 0.3 is 5.97 Å². The number of hydrogen-bond acceptors (Lipinski definition) is 5. The molecule has 182 valence electrons. The number of hydrogen-bond donors (Lipinski definition) is 1. The van der Waals surface area contributed by atoms with Crippen molar-refractivity contribution in [3.63, 3.8) is 0 Å². The highest BCUT2D eigenvalue weighted by molar-refractivity contribution is 6.09. The number of esters is 1. The molecular weight excluding hydrogens is 462 g/mol. The molecule has 37 heavy (non-hydrogen) atoms. The predicted molar refractivity (Wildman–Crippen MR) is 143 cm³/mol. The van der Waals surface area contributed by atoms with Gasteiger partial charge in [0, 0.05) is 42.3 Å². The number of rotatable bonds is 7. The summed E-state index contributed by atoms with van der Waals surface area (Å²) in [6, 6.07) is 30.4. The number of benzene rings is 3. The van der Waals surface area contributed by atoms with Crippen molar-refractivity contribution < 1.29 is 14.3 Å². The van der Waals surface area contributed by atoms with Gasteiger partial charge in [-0.3, -0.25) is 14.6 Å². The molecule has 1 atom stereocenters. The van der Waals surface area contributed by atoms with Crippen LogP contribution in [0.25, 0.3) is 22.2 Å². The molecule has 1 N–H and O–H groups in total. The summed E-state index contributed by atoms with van der Waals surface area (Å²) >= 11 is 0. The van der Waals surface area contributed by atoms with E-state index in [0.29, 0.717) is 23.1 Å². The number of carbonyl (C=O) groups is 2. The fraction of sp³-hybridized carbons (Fsp3) is 0.0968. The average molecular weight is 488 g/mol. The fourth-order valence-electron chi connectivity index (χ4n) is 4.39. The van der Waals surface area contributed by atoms with Crippen LogP contribution in [0.4, 0.5) is 0 Å². The first kappa shape index (κ1) is 23.9. The van der Waals surface area contributed by atoms with E-state index >= 15 is 0 Å². The van der Waals surface area contributed by atoms with E-state index in [1.165, 1.54) is 6.92 Å². The second-order valence-electron chi connectivity index (χ2n) is 8.60. The summed E-state index contributed by atoms with van der Waals surface area (Å²) in [5, 5.41) is 3.68. The average Bonchev–Trinajstić information content (AvgIpc) is 2.93. The summed E-state index contributed by atoms with van der Waals surface area (Å²) in [6.07, 6.45) is 3.00. The van der Waals surface area contributed by atoms with Gasteiger partial charge in [-0.25, -0.2) is 4.98 Å². The van der Waals surface area contributed by atoms with Crippen molar-refractivity contribution in [2.45, 2.75) is 19.6 Å². The smallest absolute Gasteiger partial charge is 0.304 e. The summed E-state index contributed by atoms with van der Waals surface area (Å²) in [4.78, 5) is 35.1. The van der Waals surface area contributed by atoms with Gasteiger partial charge in [-0.1, -0.05) is 78.9 Å². The standard InChI is InChI=1S/C31H25N3O3/c1-21(35)37-31(24-12-6-3-7-13-24)34-30(36)28-25-14-8-9-15-27(25)33-29(23-10-4-2-5-11-23)26(28)20-22-16-18-32-19-17-22/h2-19,31H,20H2,1H3,(H,34,36). The number of amides is 1. The first-order chi connectivity index (χ1) is 18.1. The molecule has 0 fully saturated rings. The third-order valence-electron chi connectivity index (χ3n) is 6.05. The highest BCUT2D eigenvalue weighted by Crippen LogP contribution is 2.32. The van der Waals surface area contributed by atoms with Gasteiger partial charge in [0.2, 0.25) is 6.23 Å². The van der Waals surface area contributed by atoms with Gasteiger partial charge in [0.15, 0.2) is 0 Å². The molecule has 0 spiro atoms. The van der Waals surface area contributed by atoms with Crippen LogP contribution in [-0.4, -0.2) is 21.8 Å². The van der Waals surface area contributed by atoms with E-state index in [2.05, 4.69) is 10.3 Å². The number of para-hydroxylation sites is 1. The largest absolute Gasteiger partial charge is 0.437 e. The Morgan fingerprint density at radius 2 is 1.49 bits per heavy atom. The van der Waals surface area contributed by atoms with Gasteiger partial charge in [-0.05, 0) is 29.3 Å². The highest BCUT2D eigenvalue weighted by Gasteiger charge is 2.25. The van der Waals surface area contributed by atoms with Crippen LogP contribution in [0, 0.1) is 0 Å². The summed E-state index contributed by atoms with van der Waals surface area (Å²) in [6.45, 7) is 1.33. The number of nitrogens with zero attached hydrogens (tertiary/aromatic N) is 2. The monoisotopic (exact) mass is 487 g/mol. The van der Waals surface area contributed by atoms with E-state index in [4.69, 9.17) is 9.72 Å². The minimum atomic E-state index is -0.938. The molecule has 5 rings (SSSR count). The van der Waals surface area contributed by atoms with Crippen molar-refractivity contribution >= 4 is 22.8 Å². The van der Waals surface area contributed by atoms with Gasteiger partial charge in [0.1, 0.15) is 0 Å². The van der Waals surface area contributed by atoms with Crippen LogP contribution in [0.5, 0.6) is 0 Å². The molecule has 1 unspecified atom stereocenters. The van der Waals surface area contributed by atoms with E-state index in [1.807, 2.05) is 97.1 Å². The highest BCUT2D eigenvalue weighted by atomic mass is 16.6. The summed E-state index contributed by atoms with van der Waals surface area (Å²) in [5.41, 5.74) is 5.28. The Kier molecular flexibility index (Phi) is 6.99. The zero-order valence-corrected chi connectivity index (χ0v) is 20.3. The molecule has 6 nitrogen and oxygen atoms in total. The lowest BCUT2D eigenvalue weighted by molar-refractivity contribution is -0.147. The first-order valence-corrected chi connectivity index (χ1v) is 12.0. The van der Waals surface area contributed by atoms with E-state index in [0.717, 1.165) is 27.8 Å². The fourth-order valence-corrected chi connectivity index (χ4v) is 4.39. The normalized spacial score (nSPS) is 11.6. The van der Waals surface area contributed by atoms with Crippen LogP contribution in [0.1, 0.15) is 40.2 Å². The molecule has 0 saturated heterocycles. The number of pyridine rings is 2. The molecule has 3 aromatic carbocycles. The molecule has 0 aliphatic heterocycles. The Balaban J connectivity index is 1.69. The third kappa shape index (κ3) is 5.38. The molecule has 1 amide bonds. The van der Waals surface area contributed by atoms with Gasteiger partial charge < -0.3 is 10.1 Å². The van der Waals surface area contributed by atoms with Crippen molar-refractivity contribution in [1.82, 2.24) is 15.3 Å². The van der Waals surface area contributed by atoms with E-state index in [-0.39, 0.29) is 5.91 Å². The molecule has 0 aliphatic rings. The zero-order valence-electron chi connectivity index (χ0n) is 20.3. The molecule has 0 aliphatic carbocycles. The predicted octanol–water partition coefficient (Wildman–Crippen LogP) is 5.88. The lowest BCUT2D eigenvalue weighted by atomic mass is 9.92. The Bertz CT molecular complexity index is 1540. The number of nitrogens with one attached hydrogen (secondary N) is 1. The SMILES string of the molecule is CC(=O)OC(NC(=O)c1c(Cc2ccncc2)c(-c2ccccc2)nc2ccccc12)c1ccccc1.